The molecule has 98 valence electrons. The van der Waals surface area contributed by atoms with Crippen LogP contribution in [0.2, 0.25) is 0 Å². The third-order valence-electron chi connectivity index (χ3n) is 2.10. The van der Waals surface area contributed by atoms with Gasteiger partial charge in [-0.1, -0.05) is 0 Å². The van der Waals surface area contributed by atoms with Crippen LogP contribution in [-0.2, 0) is 9.53 Å². The Morgan fingerprint density at radius 2 is 2.00 bits per heavy atom. The minimum Gasteiger partial charge on any atom is -0.459 e. The van der Waals surface area contributed by atoms with E-state index in [-0.39, 0.29) is 17.4 Å². The van der Waals surface area contributed by atoms with Crippen molar-refractivity contribution in [2.45, 2.75) is 20.0 Å². The van der Waals surface area contributed by atoms with E-state index in [2.05, 4.69) is 0 Å². The smallest absolute Gasteiger partial charge is 0.349 e. The van der Waals surface area contributed by atoms with Gasteiger partial charge in [-0.25, -0.2) is 4.79 Å². The molecule has 0 aromatic heterocycles. The number of rotatable bonds is 4. The molecule has 0 aliphatic rings. The van der Waals surface area contributed by atoms with Crippen LogP contribution in [0.5, 0.6) is 0 Å². The maximum absolute atomic E-state index is 11.5. The van der Waals surface area contributed by atoms with E-state index < -0.39 is 10.9 Å². The third kappa shape index (κ3) is 4.24. The minimum atomic E-state index is -0.712. The molecule has 1 aromatic carbocycles. The molecular weight excluding hydrogens is 248 g/mol. The van der Waals surface area contributed by atoms with Crippen LogP contribution in [0.15, 0.2) is 29.8 Å². The summed E-state index contributed by atoms with van der Waals surface area (Å²) in [4.78, 5) is 21.5. The number of ether oxygens (including phenoxy) is 1. The zero-order valence-electron chi connectivity index (χ0n) is 10.5. The number of nitro groups is 1. The molecule has 1 aromatic rings. The summed E-state index contributed by atoms with van der Waals surface area (Å²) in [5, 5.41) is 19.4. The molecular formula is C13H12N2O4. The van der Waals surface area contributed by atoms with Crippen LogP contribution in [0, 0.1) is 21.4 Å². The average molecular weight is 260 g/mol. The summed E-state index contributed by atoms with van der Waals surface area (Å²) < 4.78 is 4.90. The van der Waals surface area contributed by atoms with Gasteiger partial charge >= 0.3 is 5.97 Å². The molecule has 0 spiro atoms. The molecule has 0 aliphatic heterocycles. The minimum absolute atomic E-state index is 0.0552. The van der Waals surface area contributed by atoms with Crippen molar-refractivity contribution in [1.29, 1.82) is 5.26 Å². The predicted octanol–water partition coefficient (Wildman–Crippen LogP) is 2.45. The van der Waals surface area contributed by atoms with E-state index >= 15 is 0 Å². The summed E-state index contributed by atoms with van der Waals surface area (Å²) in [7, 11) is 0. The number of hydrogen-bond acceptors (Lipinski definition) is 5. The zero-order valence-corrected chi connectivity index (χ0v) is 10.5. The van der Waals surface area contributed by atoms with Gasteiger partial charge in [0.15, 0.2) is 0 Å². The summed E-state index contributed by atoms with van der Waals surface area (Å²) in [6, 6.07) is 7.26. The molecule has 0 bridgehead atoms. The van der Waals surface area contributed by atoms with Gasteiger partial charge < -0.3 is 4.74 Å². The zero-order chi connectivity index (χ0) is 14.4. The van der Waals surface area contributed by atoms with Crippen LogP contribution in [0.1, 0.15) is 19.4 Å². The van der Waals surface area contributed by atoms with Crippen molar-refractivity contribution < 1.29 is 14.5 Å². The van der Waals surface area contributed by atoms with Crippen LogP contribution in [0.4, 0.5) is 5.69 Å². The van der Waals surface area contributed by atoms with Gasteiger partial charge in [-0.15, -0.1) is 0 Å². The molecule has 0 fully saturated rings. The van der Waals surface area contributed by atoms with E-state index in [1.54, 1.807) is 19.9 Å². The Morgan fingerprint density at radius 3 is 2.42 bits per heavy atom. The number of non-ortho nitro benzene ring substituents is 1. The lowest BCUT2D eigenvalue weighted by molar-refractivity contribution is -0.384. The predicted molar refractivity (Wildman–Crippen MR) is 67.9 cm³/mol. The van der Waals surface area contributed by atoms with Gasteiger partial charge in [0.25, 0.3) is 5.69 Å². The van der Waals surface area contributed by atoms with Gasteiger partial charge in [0.2, 0.25) is 0 Å². The van der Waals surface area contributed by atoms with Crippen LogP contribution in [0.25, 0.3) is 6.08 Å². The van der Waals surface area contributed by atoms with Gasteiger partial charge in [0, 0.05) is 12.1 Å². The maximum atomic E-state index is 11.5. The van der Waals surface area contributed by atoms with Gasteiger partial charge in [-0.05, 0) is 37.6 Å². The molecule has 19 heavy (non-hydrogen) atoms. The highest BCUT2D eigenvalue weighted by Gasteiger charge is 2.12. The number of nitro benzene ring substituents is 1. The molecule has 0 radical (unpaired) electrons. The number of nitriles is 1. The van der Waals surface area contributed by atoms with E-state index in [4.69, 9.17) is 10.00 Å². The number of carbonyl (C=O) groups is 1. The van der Waals surface area contributed by atoms with Crippen LogP contribution < -0.4 is 0 Å². The first-order valence-electron chi connectivity index (χ1n) is 5.51. The van der Waals surface area contributed by atoms with Crippen molar-refractivity contribution in [1.82, 2.24) is 0 Å². The van der Waals surface area contributed by atoms with Crippen LogP contribution in [-0.4, -0.2) is 17.0 Å². The Kier molecular flexibility index (Phi) is 4.77. The number of carbonyl (C=O) groups excluding carboxylic acids is 1. The summed E-state index contributed by atoms with van der Waals surface area (Å²) in [5.74, 6) is -0.712. The van der Waals surface area contributed by atoms with Crippen LogP contribution in [0.3, 0.4) is 0 Å². The molecule has 0 N–H and O–H groups in total. The first-order chi connectivity index (χ1) is 8.93. The molecule has 6 heteroatoms. The van der Waals surface area contributed by atoms with Crippen molar-refractivity contribution in [2.24, 2.45) is 0 Å². The largest absolute Gasteiger partial charge is 0.459 e. The topological polar surface area (TPSA) is 93.2 Å². The fourth-order valence-corrected chi connectivity index (χ4v) is 1.27. The van der Waals surface area contributed by atoms with E-state index in [9.17, 15) is 14.9 Å². The Bertz CT molecular complexity index is 553. The number of hydrogen-bond donors (Lipinski definition) is 0. The highest BCUT2D eigenvalue weighted by molar-refractivity contribution is 5.97. The molecule has 0 atom stereocenters. The molecule has 6 nitrogen and oxygen atoms in total. The van der Waals surface area contributed by atoms with Gasteiger partial charge in [-0.2, -0.15) is 5.26 Å². The highest BCUT2D eigenvalue weighted by Crippen LogP contribution is 2.15. The van der Waals surface area contributed by atoms with E-state index in [1.165, 1.54) is 30.3 Å². The molecule has 0 heterocycles. The normalized spacial score (nSPS) is 10.9. The van der Waals surface area contributed by atoms with Crippen molar-refractivity contribution >= 4 is 17.7 Å². The summed E-state index contributed by atoms with van der Waals surface area (Å²) in [6.07, 6.45) is 1.01. The SMILES string of the molecule is CC(C)OC(=O)/C(C#N)=C\c1ccc([N+](=O)[O-])cc1. The second-order valence-corrected chi connectivity index (χ2v) is 3.97. The van der Waals surface area contributed by atoms with E-state index in [0.717, 1.165) is 0 Å². The number of benzene rings is 1. The molecule has 0 saturated carbocycles. The average Bonchev–Trinajstić information content (AvgIpc) is 2.35. The van der Waals surface area contributed by atoms with Gasteiger partial charge in [-0.3, -0.25) is 10.1 Å². The lowest BCUT2D eigenvalue weighted by Crippen LogP contribution is -2.12. The second kappa shape index (κ2) is 6.31. The quantitative estimate of drug-likeness (QED) is 0.272. The standard InChI is InChI=1S/C13H12N2O4/c1-9(2)19-13(16)11(8-14)7-10-3-5-12(6-4-10)15(17)18/h3-7,9H,1-2H3/b11-7-. The maximum Gasteiger partial charge on any atom is 0.349 e. The Balaban J connectivity index is 2.95. The fraction of sp³-hybridized carbons (Fsp3) is 0.231. The number of nitrogens with zero attached hydrogens (tertiary/aromatic N) is 2. The van der Waals surface area contributed by atoms with Gasteiger partial charge in [0.05, 0.1) is 11.0 Å². The molecule has 0 saturated heterocycles. The monoisotopic (exact) mass is 260 g/mol. The summed E-state index contributed by atoms with van der Waals surface area (Å²) in [6.45, 7) is 3.36. The van der Waals surface area contributed by atoms with Crippen LogP contribution >= 0.6 is 0 Å². The molecule has 1 rings (SSSR count). The van der Waals surface area contributed by atoms with E-state index in [1.807, 2.05) is 0 Å². The Labute approximate surface area is 110 Å². The molecule has 0 aliphatic carbocycles. The van der Waals surface area contributed by atoms with Crippen molar-refractivity contribution in [3.05, 3.63) is 45.5 Å². The number of esters is 1. The lowest BCUT2D eigenvalue weighted by atomic mass is 10.1. The van der Waals surface area contributed by atoms with E-state index in [0.29, 0.717) is 5.56 Å². The molecule has 0 unspecified atom stereocenters. The Morgan fingerprint density at radius 1 is 1.42 bits per heavy atom. The Hall–Kier alpha value is -2.68. The first kappa shape index (κ1) is 14.4. The lowest BCUT2D eigenvalue weighted by Gasteiger charge is -2.06. The summed E-state index contributed by atoms with van der Waals surface area (Å²) in [5.41, 5.74) is 0.311. The second-order valence-electron chi connectivity index (χ2n) is 3.97. The van der Waals surface area contributed by atoms with Crippen molar-refractivity contribution in [3.63, 3.8) is 0 Å². The third-order valence-corrected chi connectivity index (χ3v) is 2.10. The van der Waals surface area contributed by atoms with Crippen molar-refractivity contribution in [2.75, 3.05) is 0 Å². The van der Waals surface area contributed by atoms with Crippen molar-refractivity contribution in [3.8, 4) is 6.07 Å². The summed E-state index contributed by atoms with van der Waals surface area (Å²) >= 11 is 0. The van der Waals surface area contributed by atoms with Gasteiger partial charge in [0.1, 0.15) is 11.6 Å². The fourth-order valence-electron chi connectivity index (χ4n) is 1.27. The molecule has 0 amide bonds. The first-order valence-corrected chi connectivity index (χ1v) is 5.51. The highest BCUT2D eigenvalue weighted by atomic mass is 16.6.